The Labute approximate surface area is 74.5 Å². The lowest BCUT2D eigenvalue weighted by Gasteiger charge is -2.28. The van der Waals surface area contributed by atoms with Crippen LogP contribution in [-0.2, 0) is 0 Å². The van der Waals surface area contributed by atoms with E-state index in [0.29, 0.717) is 6.04 Å². The lowest BCUT2D eigenvalue weighted by molar-refractivity contribution is 0.271. The van der Waals surface area contributed by atoms with Crippen molar-refractivity contribution in [2.24, 2.45) is 0 Å². The van der Waals surface area contributed by atoms with E-state index in [9.17, 15) is 0 Å². The first-order valence-electron chi connectivity index (χ1n) is 5.11. The zero-order chi connectivity index (χ0) is 8.23. The third-order valence-corrected chi connectivity index (χ3v) is 2.80. The van der Waals surface area contributed by atoms with Gasteiger partial charge >= 0.3 is 0 Å². The van der Waals surface area contributed by atoms with Crippen LogP contribution in [0.25, 0.3) is 0 Å². The van der Waals surface area contributed by atoms with Crippen LogP contribution in [0.5, 0.6) is 0 Å². The predicted molar refractivity (Wildman–Crippen MR) is 50.3 cm³/mol. The largest absolute Gasteiger partial charge is 0.314 e. The summed E-state index contributed by atoms with van der Waals surface area (Å²) in [7, 11) is 0. The predicted octanol–water partition coefficient (Wildman–Crippen LogP) is -0.356. The molecule has 2 aliphatic rings. The van der Waals surface area contributed by atoms with E-state index in [1.165, 1.54) is 32.5 Å². The molecule has 0 unspecified atom stereocenters. The van der Waals surface area contributed by atoms with Gasteiger partial charge in [0.1, 0.15) is 0 Å². The summed E-state index contributed by atoms with van der Waals surface area (Å²) in [5.41, 5.74) is 0. The summed E-state index contributed by atoms with van der Waals surface area (Å²) in [5, 5.41) is 6.96. The van der Waals surface area contributed by atoms with Crippen LogP contribution in [0.2, 0.25) is 0 Å². The van der Waals surface area contributed by atoms with Gasteiger partial charge in [0.05, 0.1) is 0 Å². The average molecular weight is 169 g/mol. The van der Waals surface area contributed by atoms with Gasteiger partial charge in [-0.25, -0.2) is 0 Å². The maximum Gasteiger partial charge on any atom is 0.0320 e. The first-order chi connectivity index (χ1) is 5.95. The molecule has 2 saturated heterocycles. The van der Waals surface area contributed by atoms with Crippen LogP contribution in [-0.4, -0.2) is 50.2 Å². The summed E-state index contributed by atoms with van der Waals surface area (Å²) in [6.07, 6.45) is 2.81. The van der Waals surface area contributed by atoms with Crippen molar-refractivity contribution >= 4 is 0 Å². The van der Waals surface area contributed by atoms with Gasteiger partial charge < -0.3 is 15.5 Å². The van der Waals surface area contributed by atoms with E-state index in [-0.39, 0.29) is 0 Å². The zero-order valence-corrected chi connectivity index (χ0v) is 7.68. The molecule has 2 fully saturated rings. The zero-order valence-electron chi connectivity index (χ0n) is 7.68. The standard InChI is InChI=1S/C9H19N3/c1-2-6-12(5-1)8-9-7-10-3-4-11-9/h9-11H,1-8H2/t9-/m0/s1. The minimum absolute atomic E-state index is 0.692. The van der Waals surface area contributed by atoms with Crippen LogP contribution in [0.1, 0.15) is 12.8 Å². The molecule has 2 heterocycles. The summed E-state index contributed by atoms with van der Waals surface area (Å²) < 4.78 is 0. The molecule has 0 aromatic carbocycles. The van der Waals surface area contributed by atoms with Crippen molar-refractivity contribution in [3.8, 4) is 0 Å². The lowest BCUT2D eigenvalue weighted by Crippen LogP contribution is -2.52. The molecule has 0 amide bonds. The van der Waals surface area contributed by atoms with Gasteiger partial charge in [-0.3, -0.25) is 0 Å². The fraction of sp³-hybridized carbons (Fsp3) is 1.00. The van der Waals surface area contributed by atoms with Gasteiger partial charge in [-0.1, -0.05) is 0 Å². The van der Waals surface area contributed by atoms with Crippen molar-refractivity contribution in [3.05, 3.63) is 0 Å². The molecular formula is C9H19N3. The highest BCUT2D eigenvalue weighted by molar-refractivity contribution is 4.80. The van der Waals surface area contributed by atoms with E-state index in [2.05, 4.69) is 15.5 Å². The second-order valence-corrected chi connectivity index (χ2v) is 3.86. The number of nitrogens with zero attached hydrogens (tertiary/aromatic N) is 1. The van der Waals surface area contributed by atoms with Crippen molar-refractivity contribution in [1.82, 2.24) is 15.5 Å². The maximum absolute atomic E-state index is 3.54. The number of likely N-dealkylation sites (tertiary alicyclic amines) is 1. The highest BCUT2D eigenvalue weighted by atomic mass is 15.2. The quantitative estimate of drug-likeness (QED) is 0.591. The summed E-state index contributed by atoms with van der Waals surface area (Å²) in [6.45, 7) is 7.30. The van der Waals surface area contributed by atoms with E-state index in [4.69, 9.17) is 0 Å². The molecule has 70 valence electrons. The van der Waals surface area contributed by atoms with Gasteiger partial charge in [0.25, 0.3) is 0 Å². The number of rotatable bonds is 2. The molecule has 3 heteroatoms. The molecule has 0 bridgehead atoms. The van der Waals surface area contributed by atoms with Crippen molar-refractivity contribution in [1.29, 1.82) is 0 Å². The molecule has 2 aliphatic heterocycles. The Hall–Kier alpha value is -0.120. The van der Waals surface area contributed by atoms with Gasteiger partial charge in [0.15, 0.2) is 0 Å². The van der Waals surface area contributed by atoms with Gasteiger partial charge in [-0.2, -0.15) is 0 Å². The lowest BCUT2D eigenvalue weighted by atomic mass is 10.2. The molecule has 1 atom stereocenters. The second-order valence-electron chi connectivity index (χ2n) is 3.86. The Morgan fingerprint density at radius 1 is 1.17 bits per heavy atom. The molecular weight excluding hydrogens is 150 g/mol. The van der Waals surface area contributed by atoms with E-state index >= 15 is 0 Å². The first kappa shape index (κ1) is 8.48. The van der Waals surface area contributed by atoms with E-state index in [1.54, 1.807) is 0 Å². The topological polar surface area (TPSA) is 27.3 Å². The van der Waals surface area contributed by atoms with Crippen molar-refractivity contribution in [2.75, 3.05) is 39.3 Å². The minimum atomic E-state index is 0.692. The molecule has 0 aromatic rings. The van der Waals surface area contributed by atoms with Crippen LogP contribution >= 0.6 is 0 Å². The number of hydrogen-bond acceptors (Lipinski definition) is 3. The number of hydrogen-bond donors (Lipinski definition) is 2. The fourth-order valence-corrected chi connectivity index (χ4v) is 2.12. The third-order valence-electron chi connectivity index (χ3n) is 2.80. The molecule has 0 aromatic heterocycles. The normalized spacial score (nSPS) is 32.5. The van der Waals surface area contributed by atoms with Crippen molar-refractivity contribution < 1.29 is 0 Å². The summed E-state index contributed by atoms with van der Waals surface area (Å²) in [5.74, 6) is 0. The van der Waals surface area contributed by atoms with E-state index in [0.717, 1.165) is 19.6 Å². The van der Waals surface area contributed by atoms with Gasteiger partial charge in [-0.05, 0) is 25.9 Å². The van der Waals surface area contributed by atoms with E-state index in [1.807, 2.05) is 0 Å². The third kappa shape index (κ3) is 2.19. The number of piperazine rings is 1. The van der Waals surface area contributed by atoms with Crippen LogP contribution < -0.4 is 10.6 Å². The number of nitrogens with one attached hydrogen (secondary N) is 2. The first-order valence-corrected chi connectivity index (χ1v) is 5.11. The molecule has 12 heavy (non-hydrogen) atoms. The second kappa shape index (κ2) is 4.21. The van der Waals surface area contributed by atoms with Crippen molar-refractivity contribution in [3.63, 3.8) is 0 Å². The maximum atomic E-state index is 3.54. The van der Waals surface area contributed by atoms with Gasteiger partial charge in [0.2, 0.25) is 0 Å². The Morgan fingerprint density at radius 2 is 2.00 bits per heavy atom. The summed E-state index contributed by atoms with van der Waals surface area (Å²) >= 11 is 0. The van der Waals surface area contributed by atoms with Gasteiger partial charge in [-0.15, -0.1) is 0 Å². The Bertz CT molecular complexity index is 126. The Morgan fingerprint density at radius 3 is 2.67 bits per heavy atom. The smallest absolute Gasteiger partial charge is 0.0320 e. The SMILES string of the molecule is C1CCN(C[C@@H]2CNCCN2)C1. The summed E-state index contributed by atoms with van der Waals surface area (Å²) in [6, 6.07) is 0.692. The average Bonchev–Trinajstić information content (AvgIpc) is 2.59. The van der Waals surface area contributed by atoms with Crippen LogP contribution in [0.4, 0.5) is 0 Å². The highest BCUT2D eigenvalue weighted by Gasteiger charge is 2.18. The molecule has 0 spiro atoms. The van der Waals surface area contributed by atoms with E-state index < -0.39 is 0 Å². The molecule has 3 nitrogen and oxygen atoms in total. The highest BCUT2D eigenvalue weighted by Crippen LogP contribution is 2.07. The molecule has 0 radical (unpaired) electrons. The van der Waals surface area contributed by atoms with Gasteiger partial charge in [0, 0.05) is 32.2 Å². The molecule has 0 saturated carbocycles. The molecule has 2 N–H and O–H groups in total. The Kier molecular flexibility index (Phi) is 2.98. The minimum Gasteiger partial charge on any atom is -0.314 e. The van der Waals surface area contributed by atoms with Crippen molar-refractivity contribution in [2.45, 2.75) is 18.9 Å². The Balaban J connectivity index is 1.69. The molecule has 0 aliphatic carbocycles. The summed E-state index contributed by atoms with van der Waals surface area (Å²) in [4.78, 5) is 2.57. The van der Waals surface area contributed by atoms with Crippen LogP contribution in [0.15, 0.2) is 0 Å². The molecule has 2 rings (SSSR count). The fourth-order valence-electron chi connectivity index (χ4n) is 2.12. The van der Waals surface area contributed by atoms with Crippen LogP contribution in [0, 0.1) is 0 Å². The monoisotopic (exact) mass is 169 g/mol. The van der Waals surface area contributed by atoms with Crippen LogP contribution in [0.3, 0.4) is 0 Å².